The molecule has 126 valence electrons. The molecule has 4 nitrogen and oxygen atoms in total. The highest BCUT2D eigenvalue weighted by atomic mass is 32.2. The lowest BCUT2D eigenvalue weighted by molar-refractivity contribution is 0.0708. The Kier molecular flexibility index (Phi) is 5.28. The number of nitrogens with zero attached hydrogens (tertiary/aromatic N) is 1. The Morgan fingerprint density at radius 2 is 1.87 bits per heavy atom. The van der Waals surface area contributed by atoms with Crippen LogP contribution in [0.4, 0.5) is 0 Å². The number of hydrogen-bond donors (Lipinski definition) is 0. The van der Waals surface area contributed by atoms with Crippen molar-refractivity contribution >= 4 is 39.3 Å². The van der Waals surface area contributed by atoms with Crippen LogP contribution in [-0.2, 0) is 9.84 Å². The molecule has 23 heavy (non-hydrogen) atoms. The molecule has 2 heterocycles. The van der Waals surface area contributed by atoms with Gasteiger partial charge in [0.1, 0.15) is 0 Å². The van der Waals surface area contributed by atoms with E-state index in [-0.39, 0.29) is 23.5 Å². The summed E-state index contributed by atoms with van der Waals surface area (Å²) in [6.45, 7) is 2.44. The van der Waals surface area contributed by atoms with E-state index in [1.807, 2.05) is 54.7 Å². The maximum absolute atomic E-state index is 12.7. The van der Waals surface area contributed by atoms with E-state index >= 15 is 0 Å². The summed E-state index contributed by atoms with van der Waals surface area (Å²) >= 11 is 3.88. The van der Waals surface area contributed by atoms with Crippen molar-refractivity contribution in [1.82, 2.24) is 4.90 Å². The lowest BCUT2D eigenvalue weighted by Crippen LogP contribution is -2.40. The predicted octanol–water partition coefficient (Wildman–Crippen LogP) is 2.81. The van der Waals surface area contributed by atoms with E-state index in [0.717, 1.165) is 0 Å². The van der Waals surface area contributed by atoms with Gasteiger partial charge in [-0.05, 0) is 31.0 Å². The molecule has 1 aromatic rings. The first-order valence-corrected chi connectivity index (χ1v) is 11.8. The molecule has 0 radical (unpaired) electrons. The monoisotopic (exact) mass is 371 g/mol. The molecular formula is C16H21NO3S3. The zero-order chi connectivity index (χ0) is 16.4. The predicted molar refractivity (Wildman–Crippen MR) is 97.9 cm³/mol. The molecule has 0 aromatic heterocycles. The van der Waals surface area contributed by atoms with Crippen LogP contribution in [0.2, 0.25) is 0 Å². The molecule has 0 bridgehead atoms. The van der Waals surface area contributed by atoms with Crippen molar-refractivity contribution in [3.05, 3.63) is 35.4 Å². The van der Waals surface area contributed by atoms with Gasteiger partial charge in [-0.25, -0.2) is 8.42 Å². The molecule has 0 spiro atoms. The number of carbonyl (C=O) groups is 1. The van der Waals surface area contributed by atoms with Crippen LogP contribution in [0.1, 0.15) is 33.8 Å². The Morgan fingerprint density at radius 1 is 1.22 bits per heavy atom. The van der Waals surface area contributed by atoms with Crippen LogP contribution in [-0.4, -0.2) is 54.8 Å². The number of amides is 1. The molecule has 2 aliphatic rings. The zero-order valence-corrected chi connectivity index (χ0v) is 15.6. The van der Waals surface area contributed by atoms with Crippen molar-refractivity contribution in [2.24, 2.45) is 0 Å². The van der Waals surface area contributed by atoms with Gasteiger partial charge < -0.3 is 4.90 Å². The topological polar surface area (TPSA) is 54.5 Å². The van der Waals surface area contributed by atoms with Crippen LogP contribution in [0.25, 0.3) is 0 Å². The molecule has 1 atom stereocenters. The van der Waals surface area contributed by atoms with E-state index in [9.17, 15) is 13.2 Å². The Hall–Kier alpha value is -0.660. The summed E-state index contributed by atoms with van der Waals surface area (Å²) in [6.07, 6.45) is 0.551. The quantitative estimate of drug-likeness (QED) is 0.815. The Balaban J connectivity index is 1.73. The second kappa shape index (κ2) is 7.07. The summed E-state index contributed by atoms with van der Waals surface area (Å²) < 4.78 is 23.8. The van der Waals surface area contributed by atoms with Gasteiger partial charge in [-0.3, -0.25) is 4.79 Å². The number of sulfone groups is 1. The molecule has 2 saturated heterocycles. The van der Waals surface area contributed by atoms with E-state index < -0.39 is 9.84 Å². The largest absolute Gasteiger partial charge is 0.335 e. The van der Waals surface area contributed by atoms with Gasteiger partial charge in [0.25, 0.3) is 5.91 Å². The normalized spacial score (nSPS) is 24.0. The number of hydrogen-bond acceptors (Lipinski definition) is 5. The molecule has 2 aliphatic heterocycles. The number of benzene rings is 1. The van der Waals surface area contributed by atoms with Crippen LogP contribution >= 0.6 is 23.5 Å². The van der Waals surface area contributed by atoms with E-state index in [1.165, 1.54) is 17.1 Å². The third kappa shape index (κ3) is 3.88. The molecule has 1 amide bonds. The third-order valence-electron chi connectivity index (χ3n) is 4.30. The summed E-state index contributed by atoms with van der Waals surface area (Å²) in [6, 6.07) is 7.63. The average Bonchev–Trinajstić information content (AvgIpc) is 3.18. The van der Waals surface area contributed by atoms with Crippen molar-refractivity contribution in [3.8, 4) is 0 Å². The lowest BCUT2D eigenvalue weighted by Gasteiger charge is -2.27. The summed E-state index contributed by atoms with van der Waals surface area (Å²) in [5.41, 5.74) is 1.90. The Morgan fingerprint density at radius 3 is 2.39 bits per heavy atom. The van der Waals surface area contributed by atoms with Gasteiger partial charge in [0.2, 0.25) is 0 Å². The fourth-order valence-electron chi connectivity index (χ4n) is 3.09. The van der Waals surface area contributed by atoms with Crippen LogP contribution in [0.3, 0.4) is 0 Å². The zero-order valence-electron chi connectivity index (χ0n) is 13.1. The van der Waals surface area contributed by atoms with E-state index in [0.29, 0.717) is 23.1 Å². The molecule has 1 aromatic carbocycles. The maximum Gasteiger partial charge on any atom is 0.254 e. The van der Waals surface area contributed by atoms with Crippen LogP contribution in [0, 0.1) is 0 Å². The SMILES string of the molecule is CCN(C(=O)c1ccc(C2SCCS2)cc1)C1CCS(=O)(=O)C1. The fraction of sp³-hybridized carbons (Fsp3) is 0.562. The molecule has 1 unspecified atom stereocenters. The number of rotatable bonds is 4. The van der Waals surface area contributed by atoms with Gasteiger partial charge in [-0.2, -0.15) is 0 Å². The maximum atomic E-state index is 12.7. The molecule has 0 N–H and O–H groups in total. The van der Waals surface area contributed by atoms with Crippen molar-refractivity contribution in [1.29, 1.82) is 0 Å². The first kappa shape index (κ1) is 17.2. The molecule has 0 aliphatic carbocycles. The minimum Gasteiger partial charge on any atom is -0.335 e. The number of thioether (sulfide) groups is 2. The minimum absolute atomic E-state index is 0.0621. The summed E-state index contributed by atoms with van der Waals surface area (Å²) in [5.74, 6) is 2.58. The van der Waals surface area contributed by atoms with E-state index in [2.05, 4.69) is 0 Å². The Labute approximate surface area is 146 Å². The average molecular weight is 372 g/mol. The lowest BCUT2D eigenvalue weighted by atomic mass is 10.1. The second-order valence-electron chi connectivity index (χ2n) is 5.84. The van der Waals surface area contributed by atoms with Crippen molar-refractivity contribution in [2.75, 3.05) is 29.6 Å². The second-order valence-corrected chi connectivity index (χ2v) is 10.8. The first-order valence-electron chi connectivity index (χ1n) is 7.85. The van der Waals surface area contributed by atoms with Gasteiger partial charge in [0.05, 0.1) is 16.1 Å². The van der Waals surface area contributed by atoms with Crippen molar-refractivity contribution < 1.29 is 13.2 Å². The summed E-state index contributed by atoms with van der Waals surface area (Å²) in [4.78, 5) is 14.4. The fourth-order valence-corrected chi connectivity index (χ4v) is 7.68. The molecule has 3 rings (SSSR count). The van der Waals surface area contributed by atoms with Crippen LogP contribution < -0.4 is 0 Å². The van der Waals surface area contributed by atoms with Crippen molar-refractivity contribution in [2.45, 2.75) is 24.0 Å². The standard InChI is InChI=1S/C16H21NO3S3/c1-2-17(14-7-10-23(19,20)11-14)15(18)12-3-5-13(6-4-12)16-21-8-9-22-16/h3-6,14,16H,2,7-11H2,1H3. The molecule has 2 fully saturated rings. The highest BCUT2D eigenvalue weighted by molar-refractivity contribution is 8.19. The summed E-state index contributed by atoms with van der Waals surface area (Å²) in [7, 11) is -2.98. The van der Waals surface area contributed by atoms with Crippen molar-refractivity contribution in [3.63, 3.8) is 0 Å². The van der Waals surface area contributed by atoms with Gasteiger partial charge in [0.15, 0.2) is 9.84 Å². The van der Waals surface area contributed by atoms with E-state index in [4.69, 9.17) is 0 Å². The van der Waals surface area contributed by atoms with Gasteiger partial charge in [-0.15, -0.1) is 23.5 Å². The molecule has 0 saturated carbocycles. The van der Waals surface area contributed by atoms with E-state index in [1.54, 1.807) is 4.90 Å². The smallest absolute Gasteiger partial charge is 0.254 e. The highest BCUT2D eigenvalue weighted by Crippen LogP contribution is 2.45. The van der Waals surface area contributed by atoms with Gasteiger partial charge >= 0.3 is 0 Å². The molecular weight excluding hydrogens is 350 g/mol. The van der Waals surface area contributed by atoms with Gasteiger partial charge in [-0.1, -0.05) is 12.1 Å². The minimum atomic E-state index is -2.98. The van der Waals surface area contributed by atoms with Crippen LogP contribution in [0.15, 0.2) is 24.3 Å². The highest BCUT2D eigenvalue weighted by Gasteiger charge is 2.34. The van der Waals surface area contributed by atoms with Crippen LogP contribution in [0.5, 0.6) is 0 Å². The summed E-state index contributed by atoms with van der Waals surface area (Å²) in [5, 5.41) is 0. The van der Waals surface area contributed by atoms with Gasteiger partial charge in [0, 0.05) is 29.7 Å². The first-order chi connectivity index (χ1) is 11.0. The molecule has 7 heteroatoms. The Bertz CT molecular complexity index is 666. The number of carbonyl (C=O) groups excluding carboxylic acids is 1. The third-order valence-corrected chi connectivity index (χ3v) is 9.16.